The van der Waals surface area contributed by atoms with Crippen molar-refractivity contribution >= 4 is 11.9 Å². The Hall–Kier alpha value is -2.15. The lowest BCUT2D eigenvalue weighted by atomic mass is 10.2. The highest BCUT2D eigenvalue weighted by atomic mass is 16.5. The highest BCUT2D eigenvalue weighted by molar-refractivity contribution is 5.96. The minimum atomic E-state index is -1.10. The SMILES string of the molecule is COC1CC(C(=O)O)N(C(=O)c2ccc[nH]c2=O)C1. The number of ether oxygens (including phenoxy) is 1. The third-order valence-electron chi connectivity index (χ3n) is 3.19. The number of hydrogen-bond acceptors (Lipinski definition) is 4. The van der Waals surface area contributed by atoms with E-state index >= 15 is 0 Å². The van der Waals surface area contributed by atoms with Crippen molar-refractivity contribution in [3.05, 3.63) is 34.2 Å². The minimum Gasteiger partial charge on any atom is -0.480 e. The molecule has 1 aliphatic heterocycles. The summed E-state index contributed by atoms with van der Waals surface area (Å²) < 4.78 is 5.09. The number of H-pyrrole nitrogens is 1. The summed E-state index contributed by atoms with van der Waals surface area (Å²) in [5, 5.41) is 9.13. The van der Waals surface area contributed by atoms with Gasteiger partial charge in [0.15, 0.2) is 0 Å². The predicted molar refractivity (Wildman–Crippen MR) is 64.9 cm³/mol. The maximum atomic E-state index is 12.2. The van der Waals surface area contributed by atoms with Crippen LogP contribution in [-0.4, -0.2) is 52.7 Å². The molecule has 2 unspecified atom stereocenters. The number of nitrogens with zero attached hydrogens (tertiary/aromatic N) is 1. The van der Waals surface area contributed by atoms with E-state index in [-0.39, 0.29) is 24.6 Å². The van der Waals surface area contributed by atoms with Crippen molar-refractivity contribution in [1.82, 2.24) is 9.88 Å². The Labute approximate surface area is 108 Å². The molecule has 0 spiro atoms. The first-order chi connectivity index (χ1) is 9.04. The molecule has 1 amide bonds. The van der Waals surface area contributed by atoms with Crippen molar-refractivity contribution in [3.8, 4) is 0 Å². The van der Waals surface area contributed by atoms with Crippen molar-refractivity contribution in [1.29, 1.82) is 0 Å². The van der Waals surface area contributed by atoms with Crippen LogP contribution in [0.3, 0.4) is 0 Å². The van der Waals surface area contributed by atoms with Gasteiger partial charge in [0.2, 0.25) is 0 Å². The summed E-state index contributed by atoms with van der Waals surface area (Å²) in [6.45, 7) is 0.167. The molecule has 1 aromatic heterocycles. The van der Waals surface area contributed by atoms with Crippen LogP contribution in [-0.2, 0) is 9.53 Å². The number of pyridine rings is 1. The molecule has 0 aromatic carbocycles. The standard InChI is InChI=1S/C12H14N2O5/c1-19-7-5-9(12(17)18)14(6-7)11(16)8-3-2-4-13-10(8)15/h2-4,7,9H,5-6H2,1H3,(H,13,15)(H,17,18). The lowest BCUT2D eigenvalue weighted by Crippen LogP contribution is -2.42. The topological polar surface area (TPSA) is 99.7 Å². The van der Waals surface area contributed by atoms with E-state index in [9.17, 15) is 14.4 Å². The van der Waals surface area contributed by atoms with Crippen LogP contribution in [0.4, 0.5) is 0 Å². The Kier molecular flexibility index (Phi) is 3.66. The normalized spacial score (nSPS) is 22.5. The molecule has 2 N–H and O–H groups in total. The summed E-state index contributed by atoms with van der Waals surface area (Å²) in [6, 6.07) is 1.94. The van der Waals surface area contributed by atoms with Gasteiger partial charge in [-0.2, -0.15) is 0 Å². The molecule has 0 saturated carbocycles. The maximum Gasteiger partial charge on any atom is 0.326 e. The van der Waals surface area contributed by atoms with Crippen LogP contribution in [0.15, 0.2) is 23.1 Å². The zero-order valence-electron chi connectivity index (χ0n) is 10.3. The van der Waals surface area contributed by atoms with Gasteiger partial charge in [-0.25, -0.2) is 4.79 Å². The van der Waals surface area contributed by atoms with Gasteiger partial charge in [0.1, 0.15) is 11.6 Å². The number of hydrogen-bond donors (Lipinski definition) is 2. The van der Waals surface area contributed by atoms with Gasteiger partial charge in [-0.15, -0.1) is 0 Å². The molecule has 1 saturated heterocycles. The molecule has 19 heavy (non-hydrogen) atoms. The Bertz CT molecular complexity index is 553. The fourth-order valence-corrected chi connectivity index (χ4v) is 2.17. The number of aliphatic carboxylic acids is 1. The van der Waals surface area contributed by atoms with Crippen molar-refractivity contribution in [3.63, 3.8) is 0 Å². The van der Waals surface area contributed by atoms with Crippen LogP contribution in [0.2, 0.25) is 0 Å². The van der Waals surface area contributed by atoms with E-state index in [4.69, 9.17) is 9.84 Å². The number of amides is 1. The number of carboxylic acids is 1. The van der Waals surface area contributed by atoms with Crippen LogP contribution in [0, 0.1) is 0 Å². The number of aromatic nitrogens is 1. The van der Waals surface area contributed by atoms with E-state index in [1.807, 2.05) is 0 Å². The fraction of sp³-hybridized carbons (Fsp3) is 0.417. The molecule has 102 valence electrons. The molecule has 7 nitrogen and oxygen atoms in total. The summed E-state index contributed by atoms with van der Waals surface area (Å²) in [5.74, 6) is -1.69. The lowest BCUT2D eigenvalue weighted by molar-refractivity contribution is -0.141. The number of likely N-dealkylation sites (tertiary alicyclic amines) is 1. The van der Waals surface area contributed by atoms with E-state index in [1.54, 1.807) is 0 Å². The van der Waals surface area contributed by atoms with Crippen LogP contribution < -0.4 is 5.56 Å². The molecule has 2 heterocycles. The molecule has 1 aromatic rings. The molecular weight excluding hydrogens is 252 g/mol. The third kappa shape index (κ3) is 2.50. The molecule has 0 aliphatic carbocycles. The largest absolute Gasteiger partial charge is 0.480 e. The van der Waals surface area contributed by atoms with E-state index < -0.39 is 23.5 Å². The number of carboxylic acid groups (broad SMARTS) is 1. The number of carbonyl (C=O) groups excluding carboxylic acids is 1. The zero-order valence-corrected chi connectivity index (χ0v) is 10.3. The van der Waals surface area contributed by atoms with Crippen molar-refractivity contribution in [2.45, 2.75) is 18.6 Å². The monoisotopic (exact) mass is 266 g/mol. The van der Waals surface area contributed by atoms with E-state index in [0.717, 1.165) is 0 Å². The number of aromatic amines is 1. The smallest absolute Gasteiger partial charge is 0.326 e. The van der Waals surface area contributed by atoms with Gasteiger partial charge in [-0.1, -0.05) is 0 Å². The van der Waals surface area contributed by atoms with E-state index in [0.29, 0.717) is 0 Å². The van der Waals surface area contributed by atoms with Gasteiger partial charge in [0.05, 0.1) is 6.10 Å². The molecule has 2 rings (SSSR count). The highest BCUT2D eigenvalue weighted by Crippen LogP contribution is 2.21. The molecular formula is C12H14N2O5. The summed E-state index contributed by atoms with van der Waals surface area (Å²) in [6.07, 6.45) is 1.31. The van der Waals surface area contributed by atoms with Gasteiger partial charge in [-0.3, -0.25) is 9.59 Å². The fourth-order valence-electron chi connectivity index (χ4n) is 2.17. The van der Waals surface area contributed by atoms with Crippen LogP contribution in [0.1, 0.15) is 16.8 Å². The number of carbonyl (C=O) groups is 2. The van der Waals surface area contributed by atoms with Gasteiger partial charge in [-0.05, 0) is 12.1 Å². The summed E-state index contributed by atoms with van der Waals surface area (Å²) >= 11 is 0. The van der Waals surface area contributed by atoms with E-state index in [2.05, 4.69) is 4.98 Å². The van der Waals surface area contributed by atoms with Gasteiger partial charge in [0.25, 0.3) is 11.5 Å². The van der Waals surface area contributed by atoms with Gasteiger partial charge < -0.3 is 19.7 Å². The minimum absolute atomic E-state index is 0.0643. The Morgan fingerprint density at radius 3 is 2.84 bits per heavy atom. The summed E-state index contributed by atoms with van der Waals surface area (Å²) in [4.78, 5) is 38.5. The second-order valence-electron chi connectivity index (χ2n) is 4.32. The van der Waals surface area contributed by atoms with Crippen LogP contribution in [0.5, 0.6) is 0 Å². The van der Waals surface area contributed by atoms with Crippen molar-refractivity contribution < 1.29 is 19.4 Å². The average molecular weight is 266 g/mol. The Balaban J connectivity index is 2.30. The number of methoxy groups -OCH3 is 1. The third-order valence-corrected chi connectivity index (χ3v) is 3.19. The average Bonchev–Trinajstić information content (AvgIpc) is 2.83. The molecule has 0 radical (unpaired) electrons. The summed E-state index contributed by atoms with van der Waals surface area (Å²) in [5.41, 5.74) is -0.594. The summed E-state index contributed by atoms with van der Waals surface area (Å²) in [7, 11) is 1.47. The first kappa shape index (κ1) is 13.3. The molecule has 2 atom stereocenters. The first-order valence-electron chi connectivity index (χ1n) is 5.79. The van der Waals surface area contributed by atoms with E-state index in [1.165, 1.54) is 30.3 Å². The van der Waals surface area contributed by atoms with Gasteiger partial charge in [0, 0.05) is 26.3 Å². The van der Waals surface area contributed by atoms with Gasteiger partial charge >= 0.3 is 5.97 Å². The lowest BCUT2D eigenvalue weighted by Gasteiger charge is -2.20. The van der Waals surface area contributed by atoms with Crippen LogP contribution >= 0.6 is 0 Å². The Morgan fingerprint density at radius 2 is 2.26 bits per heavy atom. The second kappa shape index (κ2) is 5.23. The predicted octanol–water partition coefficient (Wildman–Crippen LogP) is -0.311. The maximum absolute atomic E-state index is 12.2. The molecule has 1 aliphatic rings. The van der Waals surface area contributed by atoms with Crippen molar-refractivity contribution in [2.75, 3.05) is 13.7 Å². The molecule has 1 fully saturated rings. The molecule has 0 bridgehead atoms. The van der Waals surface area contributed by atoms with Crippen LogP contribution in [0.25, 0.3) is 0 Å². The zero-order chi connectivity index (χ0) is 14.0. The second-order valence-corrected chi connectivity index (χ2v) is 4.32. The quantitative estimate of drug-likeness (QED) is 0.781. The molecule has 7 heteroatoms. The number of nitrogens with one attached hydrogen (secondary N) is 1. The Morgan fingerprint density at radius 1 is 1.53 bits per heavy atom. The number of rotatable bonds is 3. The first-order valence-corrected chi connectivity index (χ1v) is 5.79. The highest BCUT2D eigenvalue weighted by Gasteiger charge is 2.40. The van der Waals surface area contributed by atoms with Crippen molar-refractivity contribution in [2.24, 2.45) is 0 Å².